The zero-order chi connectivity index (χ0) is 14.0. The first-order valence-corrected chi connectivity index (χ1v) is 7.40. The maximum atomic E-state index is 11.8. The van der Waals surface area contributed by atoms with Crippen molar-refractivity contribution in [3.8, 4) is 0 Å². The highest BCUT2D eigenvalue weighted by Crippen LogP contribution is 2.35. The van der Waals surface area contributed by atoms with Crippen molar-refractivity contribution < 1.29 is 9.53 Å². The van der Waals surface area contributed by atoms with E-state index in [1.165, 1.54) is 18.6 Å². The number of methoxy groups -OCH3 is 1. The number of esters is 1. The van der Waals surface area contributed by atoms with Crippen molar-refractivity contribution in [1.82, 2.24) is 4.37 Å². The van der Waals surface area contributed by atoms with E-state index >= 15 is 0 Å². The predicted octanol–water partition coefficient (Wildman–Crippen LogP) is 2.38. The van der Waals surface area contributed by atoms with E-state index in [4.69, 9.17) is 10.5 Å². The van der Waals surface area contributed by atoms with Crippen LogP contribution in [-0.4, -0.2) is 30.5 Å². The SMILES string of the molecule is COC(=O)c1c(N)nsc1N1CCC(C(C)C)CC1. The van der Waals surface area contributed by atoms with Crippen molar-refractivity contribution in [3.05, 3.63) is 5.56 Å². The van der Waals surface area contributed by atoms with Crippen molar-refractivity contribution in [2.24, 2.45) is 11.8 Å². The Morgan fingerprint density at radius 1 is 1.47 bits per heavy atom. The monoisotopic (exact) mass is 283 g/mol. The van der Waals surface area contributed by atoms with Crippen LogP contribution in [0.15, 0.2) is 0 Å². The number of piperidine rings is 1. The van der Waals surface area contributed by atoms with Crippen molar-refractivity contribution in [3.63, 3.8) is 0 Å². The van der Waals surface area contributed by atoms with Crippen molar-refractivity contribution in [2.45, 2.75) is 26.7 Å². The lowest BCUT2D eigenvalue weighted by atomic mass is 9.87. The summed E-state index contributed by atoms with van der Waals surface area (Å²) in [4.78, 5) is 14.0. The average molecular weight is 283 g/mol. The molecule has 2 heterocycles. The van der Waals surface area contributed by atoms with Gasteiger partial charge in [-0.05, 0) is 36.2 Å². The molecular formula is C13H21N3O2S. The van der Waals surface area contributed by atoms with Gasteiger partial charge in [-0.3, -0.25) is 0 Å². The van der Waals surface area contributed by atoms with Crippen LogP contribution in [-0.2, 0) is 4.74 Å². The Hall–Kier alpha value is -1.30. The lowest BCUT2D eigenvalue weighted by molar-refractivity contribution is 0.0603. The van der Waals surface area contributed by atoms with Gasteiger partial charge >= 0.3 is 5.97 Å². The van der Waals surface area contributed by atoms with Gasteiger partial charge in [-0.25, -0.2) is 4.79 Å². The summed E-state index contributed by atoms with van der Waals surface area (Å²) in [7, 11) is 1.37. The number of aromatic nitrogens is 1. The molecule has 0 aliphatic carbocycles. The molecule has 0 amide bonds. The van der Waals surface area contributed by atoms with Crippen molar-refractivity contribution in [1.29, 1.82) is 0 Å². The molecule has 0 atom stereocenters. The number of carbonyl (C=O) groups is 1. The van der Waals surface area contributed by atoms with Crippen LogP contribution in [0.25, 0.3) is 0 Å². The van der Waals surface area contributed by atoms with Gasteiger partial charge in [0.25, 0.3) is 0 Å². The Balaban J connectivity index is 2.14. The standard InChI is InChI=1S/C13H21N3O2S/c1-8(2)9-4-6-16(7-5-9)12-10(13(17)18-3)11(14)15-19-12/h8-9H,4-7H2,1-3H3,(H2,14,15). The Kier molecular flexibility index (Phi) is 4.29. The van der Waals surface area contributed by atoms with Crippen LogP contribution in [0.1, 0.15) is 37.0 Å². The van der Waals surface area contributed by atoms with Gasteiger partial charge in [0.15, 0.2) is 5.82 Å². The molecule has 5 nitrogen and oxygen atoms in total. The van der Waals surface area contributed by atoms with Gasteiger partial charge in [-0.15, -0.1) is 0 Å². The van der Waals surface area contributed by atoms with E-state index < -0.39 is 5.97 Å². The third-order valence-electron chi connectivity index (χ3n) is 3.86. The molecule has 1 aromatic heterocycles. The number of anilines is 2. The Morgan fingerprint density at radius 2 is 2.11 bits per heavy atom. The zero-order valence-electron chi connectivity index (χ0n) is 11.7. The fourth-order valence-corrected chi connectivity index (χ4v) is 3.43. The van der Waals surface area contributed by atoms with Gasteiger partial charge in [0.2, 0.25) is 0 Å². The minimum atomic E-state index is -0.396. The van der Waals surface area contributed by atoms with E-state index in [1.807, 2.05) is 0 Å². The molecule has 1 aliphatic rings. The van der Waals surface area contributed by atoms with Crippen LogP contribution in [0.5, 0.6) is 0 Å². The Bertz CT molecular complexity index is 451. The quantitative estimate of drug-likeness (QED) is 0.863. The van der Waals surface area contributed by atoms with Crippen LogP contribution in [0, 0.1) is 11.8 Å². The molecule has 0 saturated carbocycles. The fourth-order valence-electron chi connectivity index (χ4n) is 2.57. The molecule has 0 bridgehead atoms. The second-order valence-corrected chi connectivity index (χ2v) is 6.06. The highest BCUT2D eigenvalue weighted by atomic mass is 32.1. The maximum Gasteiger partial charge on any atom is 0.344 e. The summed E-state index contributed by atoms with van der Waals surface area (Å²) in [5.74, 6) is 1.36. The van der Waals surface area contributed by atoms with Gasteiger partial charge < -0.3 is 15.4 Å². The number of hydrogen-bond acceptors (Lipinski definition) is 6. The van der Waals surface area contributed by atoms with Crippen LogP contribution in [0.4, 0.5) is 10.8 Å². The van der Waals surface area contributed by atoms with Crippen LogP contribution in [0.3, 0.4) is 0 Å². The van der Waals surface area contributed by atoms with E-state index in [2.05, 4.69) is 23.1 Å². The number of hydrogen-bond donors (Lipinski definition) is 1. The average Bonchev–Trinajstić information content (AvgIpc) is 2.80. The molecule has 0 spiro atoms. The van der Waals surface area contributed by atoms with Gasteiger partial charge in [-0.2, -0.15) is 4.37 Å². The zero-order valence-corrected chi connectivity index (χ0v) is 12.5. The lowest BCUT2D eigenvalue weighted by Gasteiger charge is -2.34. The lowest BCUT2D eigenvalue weighted by Crippen LogP contribution is -2.35. The highest BCUT2D eigenvalue weighted by Gasteiger charge is 2.28. The van der Waals surface area contributed by atoms with Crippen LogP contribution in [0.2, 0.25) is 0 Å². The third-order valence-corrected chi connectivity index (χ3v) is 4.78. The smallest absolute Gasteiger partial charge is 0.344 e. The second kappa shape index (κ2) is 5.77. The molecule has 19 heavy (non-hydrogen) atoms. The third kappa shape index (κ3) is 2.83. The summed E-state index contributed by atoms with van der Waals surface area (Å²) in [5, 5.41) is 0.853. The van der Waals surface area contributed by atoms with E-state index in [0.717, 1.165) is 36.9 Å². The summed E-state index contributed by atoms with van der Waals surface area (Å²) in [5.41, 5.74) is 6.20. The molecule has 2 N–H and O–H groups in total. The van der Waals surface area contributed by atoms with Crippen molar-refractivity contribution >= 4 is 28.3 Å². The molecule has 6 heteroatoms. The molecular weight excluding hydrogens is 262 g/mol. The molecule has 0 aromatic carbocycles. The van der Waals surface area contributed by atoms with Gasteiger partial charge in [0, 0.05) is 13.1 Å². The maximum absolute atomic E-state index is 11.8. The highest BCUT2D eigenvalue weighted by molar-refractivity contribution is 7.11. The molecule has 1 fully saturated rings. The summed E-state index contributed by atoms with van der Waals surface area (Å²) in [6.45, 7) is 6.44. The summed E-state index contributed by atoms with van der Waals surface area (Å²) >= 11 is 1.29. The summed E-state index contributed by atoms with van der Waals surface area (Å²) in [6.07, 6.45) is 2.30. The number of nitrogen functional groups attached to an aromatic ring is 1. The van der Waals surface area contributed by atoms with Gasteiger partial charge in [-0.1, -0.05) is 13.8 Å². The first-order valence-electron chi connectivity index (χ1n) is 6.63. The summed E-state index contributed by atoms with van der Waals surface area (Å²) in [6, 6.07) is 0. The number of rotatable bonds is 3. The number of ether oxygens (including phenoxy) is 1. The normalized spacial score (nSPS) is 16.9. The Morgan fingerprint density at radius 3 is 2.63 bits per heavy atom. The number of nitrogens with zero attached hydrogens (tertiary/aromatic N) is 2. The largest absolute Gasteiger partial charge is 0.465 e. The van der Waals surface area contributed by atoms with E-state index in [1.54, 1.807) is 0 Å². The molecule has 0 radical (unpaired) electrons. The molecule has 1 aliphatic heterocycles. The van der Waals surface area contributed by atoms with Crippen LogP contribution < -0.4 is 10.6 Å². The van der Waals surface area contributed by atoms with Crippen LogP contribution >= 0.6 is 11.5 Å². The molecule has 106 valence electrons. The first-order chi connectivity index (χ1) is 9.04. The topological polar surface area (TPSA) is 68.5 Å². The first kappa shape index (κ1) is 14.1. The minimum Gasteiger partial charge on any atom is -0.465 e. The van der Waals surface area contributed by atoms with E-state index in [9.17, 15) is 4.79 Å². The van der Waals surface area contributed by atoms with E-state index in [0.29, 0.717) is 11.5 Å². The number of carbonyl (C=O) groups excluding carboxylic acids is 1. The summed E-state index contributed by atoms with van der Waals surface area (Å²) < 4.78 is 8.88. The molecule has 0 unspecified atom stereocenters. The minimum absolute atomic E-state index is 0.276. The Labute approximate surface area is 117 Å². The molecule has 2 rings (SSSR count). The number of nitrogens with two attached hydrogens (primary N) is 1. The predicted molar refractivity (Wildman–Crippen MR) is 77.6 cm³/mol. The fraction of sp³-hybridized carbons (Fsp3) is 0.692. The molecule has 1 saturated heterocycles. The second-order valence-electron chi connectivity index (χ2n) is 5.31. The molecule has 1 aromatic rings. The van der Waals surface area contributed by atoms with Gasteiger partial charge in [0.05, 0.1) is 7.11 Å². The van der Waals surface area contributed by atoms with Gasteiger partial charge in [0.1, 0.15) is 10.6 Å². The van der Waals surface area contributed by atoms with E-state index in [-0.39, 0.29) is 5.82 Å². The van der Waals surface area contributed by atoms with Crippen molar-refractivity contribution in [2.75, 3.05) is 30.8 Å².